The summed E-state index contributed by atoms with van der Waals surface area (Å²) in [6.07, 6.45) is 5.64. The highest BCUT2D eigenvalue weighted by atomic mass is 16.6. The van der Waals surface area contributed by atoms with Gasteiger partial charge in [0.1, 0.15) is 5.82 Å². The molecule has 41 heavy (non-hydrogen) atoms. The van der Waals surface area contributed by atoms with E-state index >= 15 is 0 Å². The lowest BCUT2D eigenvalue weighted by molar-refractivity contribution is -0.384. The summed E-state index contributed by atoms with van der Waals surface area (Å²) in [6, 6.07) is 12.3. The number of aryl methyl sites for hydroxylation is 2. The van der Waals surface area contributed by atoms with E-state index in [4.69, 9.17) is 19.3 Å². The van der Waals surface area contributed by atoms with E-state index in [1.807, 2.05) is 42.9 Å². The Balaban J connectivity index is 1.42. The minimum Gasteiger partial charge on any atom is -0.493 e. The predicted octanol–water partition coefficient (Wildman–Crippen LogP) is 6.01. The third-order valence-corrected chi connectivity index (χ3v) is 8.07. The second-order valence-corrected chi connectivity index (χ2v) is 10.6. The number of hydrogen-bond donors (Lipinski definition) is 1. The summed E-state index contributed by atoms with van der Waals surface area (Å²) in [7, 11) is 5.08. The van der Waals surface area contributed by atoms with E-state index in [0.29, 0.717) is 41.2 Å². The van der Waals surface area contributed by atoms with Crippen molar-refractivity contribution in [1.82, 2.24) is 9.78 Å². The molecular formula is C31H36N4O6. The molecule has 5 rings (SSSR count). The number of carbonyl (C=O) groups is 1. The number of nitrogens with zero attached hydrogens (tertiary/aromatic N) is 3. The SMILES string of the molecule is COc1ccc(CCCOC(=O)C2=C(C)Nc3c(c(C4CCCC4)nn3C)C2c2cccc([N+](=O)[O-])c2)cc1OC. The molecule has 1 unspecified atom stereocenters. The van der Waals surface area contributed by atoms with Gasteiger partial charge in [-0.15, -0.1) is 0 Å². The molecule has 0 bridgehead atoms. The molecule has 10 nitrogen and oxygen atoms in total. The quantitative estimate of drug-likeness (QED) is 0.139. The average molecular weight is 561 g/mol. The lowest BCUT2D eigenvalue weighted by atomic mass is 9.79. The number of methoxy groups -OCH3 is 2. The number of rotatable bonds is 10. The number of anilines is 1. The molecule has 1 aliphatic carbocycles. The van der Waals surface area contributed by atoms with Crippen LogP contribution in [0, 0.1) is 10.1 Å². The van der Waals surface area contributed by atoms with Crippen LogP contribution in [-0.4, -0.2) is 41.5 Å². The maximum atomic E-state index is 13.7. The number of aromatic nitrogens is 2. The summed E-state index contributed by atoms with van der Waals surface area (Å²) in [6.45, 7) is 2.07. The van der Waals surface area contributed by atoms with Gasteiger partial charge in [-0.3, -0.25) is 14.8 Å². The molecule has 0 spiro atoms. The van der Waals surface area contributed by atoms with Crippen molar-refractivity contribution in [2.45, 2.75) is 57.3 Å². The first-order chi connectivity index (χ1) is 19.8. The van der Waals surface area contributed by atoms with Crippen LogP contribution in [0.15, 0.2) is 53.7 Å². The number of nitro benzene ring substituents is 1. The highest BCUT2D eigenvalue weighted by Gasteiger charge is 2.40. The van der Waals surface area contributed by atoms with Gasteiger partial charge in [-0.25, -0.2) is 4.79 Å². The molecule has 216 valence electrons. The van der Waals surface area contributed by atoms with Gasteiger partial charge in [0.15, 0.2) is 11.5 Å². The van der Waals surface area contributed by atoms with Gasteiger partial charge >= 0.3 is 5.97 Å². The number of fused-ring (bicyclic) bond motifs is 1. The smallest absolute Gasteiger partial charge is 0.336 e. The molecule has 2 aliphatic rings. The zero-order valence-electron chi connectivity index (χ0n) is 23.9. The standard InChI is InChI=1S/C31H36N4O6/c1-19-26(31(36)41-16-8-9-20-14-15-24(39-3)25(17-20)40-4)27(22-12-7-13-23(18-22)35(37)38)28-29(21-10-5-6-11-21)33-34(2)30(28)32-19/h7,12-15,17-18,21,27,32H,5-6,8-11,16H2,1-4H3. The van der Waals surface area contributed by atoms with Crippen molar-refractivity contribution in [3.8, 4) is 11.5 Å². The number of esters is 1. The summed E-state index contributed by atoms with van der Waals surface area (Å²) in [4.78, 5) is 25.0. The molecule has 10 heteroatoms. The molecule has 1 atom stereocenters. The number of carbonyl (C=O) groups excluding carboxylic acids is 1. The number of nitrogens with one attached hydrogen (secondary N) is 1. The second-order valence-electron chi connectivity index (χ2n) is 10.6. The van der Waals surface area contributed by atoms with Gasteiger partial charge in [-0.1, -0.05) is 31.0 Å². The second kappa shape index (κ2) is 12.0. The molecule has 1 saturated carbocycles. The molecule has 0 radical (unpaired) electrons. The van der Waals surface area contributed by atoms with Gasteiger partial charge in [0, 0.05) is 42.3 Å². The zero-order chi connectivity index (χ0) is 29.1. The Bertz CT molecular complexity index is 1490. The third kappa shape index (κ3) is 5.64. The van der Waals surface area contributed by atoms with E-state index in [1.165, 1.54) is 6.07 Å². The van der Waals surface area contributed by atoms with Crippen LogP contribution in [0.3, 0.4) is 0 Å². The Morgan fingerprint density at radius 3 is 2.59 bits per heavy atom. The minimum atomic E-state index is -0.534. The van der Waals surface area contributed by atoms with Crippen LogP contribution in [0.1, 0.15) is 73.2 Å². The fourth-order valence-corrected chi connectivity index (χ4v) is 6.08. The molecule has 1 N–H and O–H groups in total. The van der Waals surface area contributed by atoms with Gasteiger partial charge in [0.2, 0.25) is 0 Å². The molecular weight excluding hydrogens is 524 g/mol. The van der Waals surface area contributed by atoms with Crippen LogP contribution in [0.4, 0.5) is 11.5 Å². The normalized spacial score (nSPS) is 16.7. The Morgan fingerprint density at radius 1 is 1.12 bits per heavy atom. The Labute approximate surface area is 239 Å². The van der Waals surface area contributed by atoms with E-state index in [-0.39, 0.29) is 18.2 Å². The van der Waals surface area contributed by atoms with Crippen molar-refractivity contribution >= 4 is 17.5 Å². The fourth-order valence-electron chi connectivity index (χ4n) is 6.08. The van der Waals surface area contributed by atoms with Crippen LogP contribution < -0.4 is 14.8 Å². The fraction of sp³-hybridized carbons (Fsp3) is 0.419. The maximum absolute atomic E-state index is 13.7. The summed E-state index contributed by atoms with van der Waals surface area (Å²) in [5.41, 5.74) is 4.67. The van der Waals surface area contributed by atoms with E-state index in [0.717, 1.165) is 48.3 Å². The first-order valence-corrected chi connectivity index (χ1v) is 14.0. The minimum absolute atomic E-state index is 0.0193. The first-order valence-electron chi connectivity index (χ1n) is 14.0. The van der Waals surface area contributed by atoms with Crippen molar-refractivity contribution in [1.29, 1.82) is 0 Å². The monoisotopic (exact) mass is 560 g/mol. The van der Waals surface area contributed by atoms with E-state index in [2.05, 4.69) is 5.32 Å². The summed E-state index contributed by atoms with van der Waals surface area (Å²) in [5.74, 6) is 1.44. The highest BCUT2D eigenvalue weighted by Crippen LogP contribution is 2.48. The van der Waals surface area contributed by atoms with E-state index in [1.54, 1.807) is 26.4 Å². The first kappa shape index (κ1) is 28.2. The Morgan fingerprint density at radius 2 is 1.88 bits per heavy atom. The van der Waals surface area contributed by atoms with Crippen LogP contribution in [-0.2, 0) is 23.0 Å². The molecule has 2 aromatic carbocycles. The Hall–Kier alpha value is -4.34. The molecule has 3 aromatic rings. The number of benzene rings is 2. The van der Waals surface area contributed by atoms with Gasteiger partial charge in [0.25, 0.3) is 5.69 Å². The lowest BCUT2D eigenvalue weighted by Crippen LogP contribution is -2.26. The number of ether oxygens (including phenoxy) is 3. The van der Waals surface area contributed by atoms with Crippen LogP contribution in [0.5, 0.6) is 11.5 Å². The van der Waals surface area contributed by atoms with Gasteiger partial charge < -0.3 is 19.5 Å². The molecule has 0 saturated heterocycles. The van der Waals surface area contributed by atoms with Crippen molar-refractivity contribution in [2.75, 3.05) is 26.1 Å². The highest BCUT2D eigenvalue weighted by molar-refractivity contribution is 5.94. The number of non-ortho nitro benzene ring substituents is 1. The third-order valence-electron chi connectivity index (χ3n) is 8.07. The molecule has 1 aromatic heterocycles. The number of nitro groups is 1. The van der Waals surface area contributed by atoms with E-state index < -0.39 is 16.8 Å². The Kier molecular flexibility index (Phi) is 8.28. The lowest BCUT2D eigenvalue weighted by Gasteiger charge is -2.29. The molecule has 1 fully saturated rings. The summed E-state index contributed by atoms with van der Waals surface area (Å²) >= 11 is 0. The number of hydrogen-bond acceptors (Lipinski definition) is 8. The largest absolute Gasteiger partial charge is 0.493 e. The summed E-state index contributed by atoms with van der Waals surface area (Å²) < 4.78 is 18.4. The predicted molar refractivity (Wildman–Crippen MR) is 155 cm³/mol. The van der Waals surface area contributed by atoms with Crippen molar-refractivity contribution in [2.24, 2.45) is 7.05 Å². The molecule has 0 amide bonds. The molecule has 1 aliphatic heterocycles. The van der Waals surface area contributed by atoms with Crippen molar-refractivity contribution in [3.63, 3.8) is 0 Å². The van der Waals surface area contributed by atoms with Gasteiger partial charge in [-0.05, 0) is 55.9 Å². The maximum Gasteiger partial charge on any atom is 0.336 e. The van der Waals surface area contributed by atoms with Gasteiger partial charge in [0.05, 0.1) is 37.0 Å². The molecule has 2 heterocycles. The van der Waals surface area contributed by atoms with Crippen molar-refractivity contribution < 1.29 is 23.9 Å². The average Bonchev–Trinajstić information content (AvgIpc) is 3.62. The summed E-state index contributed by atoms with van der Waals surface area (Å²) in [5, 5.41) is 20.0. The topological polar surface area (TPSA) is 118 Å². The number of allylic oxidation sites excluding steroid dienone is 1. The zero-order valence-corrected chi connectivity index (χ0v) is 23.9. The van der Waals surface area contributed by atoms with Crippen LogP contribution in [0.2, 0.25) is 0 Å². The van der Waals surface area contributed by atoms with Gasteiger partial charge in [-0.2, -0.15) is 5.10 Å². The van der Waals surface area contributed by atoms with Crippen LogP contribution in [0.25, 0.3) is 0 Å². The van der Waals surface area contributed by atoms with E-state index in [9.17, 15) is 14.9 Å². The van der Waals surface area contributed by atoms with Crippen LogP contribution >= 0.6 is 0 Å². The van der Waals surface area contributed by atoms with Crippen molar-refractivity contribution in [3.05, 3.63) is 86.2 Å².